The van der Waals surface area contributed by atoms with Crippen LogP contribution in [-0.4, -0.2) is 23.0 Å². The molecule has 4 rings (SSSR count). The Morgan fingerprint density at radius 2 is 2.08 bits per heavy atom. The second-order valence-electron chi connectivity index (χ2n) is 6.29. The molecule has 1 aromatic heterocycles. The van der Waals surface area contributed by atoms with Gasteiger partial charge in [0.25, 0.3) is 0 Å². The fourth-order valence-electron chi connectivity index (χ4n) is 3.25. The molecule has 0 radical (unpaired) electrons. The molecule has 2 aromatic carbocycles. The zero-order valence-corrected chi connectivity index (χ0v) is 14.9. The molecule has 0 saturated carbocycles. The van der Waals surface area contributed by atoms with E-state index in [-0.39, 0.29) is 6.04 Å². The van der Waals surface area contributed by atoms with Crippen molar-refractivity contribution >= 4 is 0 Å². The zero-order valence-electron chi connectivity index (χ0n) is 14.9. The van der Waals surface area contributed by atoms with Crippen LogP contribution in [0.1, 0.15) is 30.6 Å². The minimum atomic E-state index is 0.237. The fourth-order valence-corrected chi connectivity index (χ4v) is 3.25. The number of hydrogen-bond donors (Lipinski definition) is 1. The van der Waals surface area contributed by atoms with Crippen LogP contribution in [0.4, 0.5) is 0 Å². The van der Waals surface area contributed by atoms with Crippen LogP contribution < -0.4 is 14.8 Å². The molecule has 1 unspecified atom stereocenters. The third-order valence-corrected chi connectivity index (χ3v) is 4.53. The van der Waals surface area contributed by atoms with Gasteiger partial charge in [0.15, 0.2) is 0 Å². The molecule has 1 atom stereocenters. The topological polar surface area (TPSA) is 48.3 Å². The SMILES string of the molecule is CCOc1ccc2c(c1)C(NCc1ccn(-c3ccccc3)n1)CCO2. The van der Waals surface area contributed by atoms with Crippen LogP contribution in [0.25, 0.3) is 5.69 Å². The summed E-state index contributed by atoms with van der Waals surface area (Å²) in [6, 6.07) is 18.5. The minimum absolute atomic E-state index is 0.237. The Bertz CT molecular complexity index is 861. The normalized spacial score (nSPS) is 16.0. The Labute approximate surface area is 153 Å². The van der Waals surface area contributed by atoms with E-state index >= 15 is 0 Å². The Kier molecular flexibility index (Phi) is 4.88. The molecular weight excluding hydrogens is 326 g/mol. The molecule has 2 heterocycles. The minimum Gasteiger partial charge on any atom is -0.494 e. The lowest BCUT2D eigenvalue weighted by molar-refractivity contribution is 0.250. The number of hydrogen-bond acceptors (Lipinski definition) is 4. The second-order valence-corrected chi connectivity index (χ2v) is 6.29. The number of nitrogens with zero attached hydrogens (tertiary/aromatic N) is 2. The average Bonchev–Trinajstić information content (AvgIpc) is 3.16. The van der Waals surface area contributed by atoms with E-state index in [1.165, 1.54) is 0 Å². The maximum atomic E-state index is 5.79. The Morgan fingerprint density at radius 1 is 1.19 bits per heavy atom. The van der Waals surface area contributed by atoms with Crippen LogP contribution in [0.3, 0.4) is 0 Å². The third kappa shape index (κ3) is 3.58. The predicted molar refractivity (Wildman–Crippen MR) is 101 cm³/mol. The van der Waals surface area contributed by atoms with Gasteiger partial charge in [-0.25, -0.2) is 4.68 Å². The summed E-state index contributed by atoms with van der Waals surface area (Å²) in [5.74, 6) is 1.82. The van der Waals surface area contributed by atoms with E-state index in [9.17, 15) is 0 Å². The van der Waals surface area contributed by atoms with Gasteiger partial charge in [0.1, 0.15) is 11.5 Å². The van der Waals surface area contributed by atoms with Crippen molar-refractivity contribution < 1.29 is 9.47 Å². The molecule has 1 aliphatic heterocycles. The summed E-state index contributed by atoms with van der Waals surface area (Å²) in [5.41, 5.74) is 3.24. The standard InChI is InChI=1S/C21H23N3O2/c1-2-25-18-8-9-21-19(14-18)20(11-13-26-21)22-15-16-10-12-24(23-16)17-6-4-3-5-7-17/h3-10,12,14,20,22H,2,11,13,15H2,1H3. The van der Waals surface area contributed by atoms with Crippen molar-refractivity contribution in [3.05, 3.63) is 72.1 Å². The molecule has 0 bridgehead atoms. The molecule has 1 N–H and O–H groups in total. The molecule has 0 fully saturated rings. The number of nitrogens with one attached hydrogen (secondary N) is 1. The maximum absolute atomic E-state index is 5.79. The highest BCUT2D eigenvalue weighted by Crippen LogP contribution is 2.35. The van der Waals surface area contributed by atoms with Gasteiger partial charge in [0.2, 0.25) is 0 Å². The average molecular weight is 349 g/mol. The van der Waals surface area contributed by atoms with Crippen LogP contribution in [0, 0.1) is 0 Å². The first kappa shape index (κ1) is 16.7. The molecule has 5 nitrogen and oxygen atoms in total. The Morgan fingerprint density at radius 3 is 2.92 bits per heavy atom. The van der Waals surface area contributed by atoms with Crippen molar-refractivity contribution in [2.45, 2.75) is 25.9 Å². The van der Waals surface area contributed by atoms with Gasteiger partial charge in [-0.05, 0) is 43.3 Å². The van der Waals surface area contributed by atoms with Gasteiger partial charge in [-0.3, -0.25) is 0 Å². The molecule has 0 spiro atoms. The lowest BCUT2D eigenvalue weighted by Crippen LogP contribution is -2.27. The highest BCUT2D eigenvalue weighted by Gasteiger charge is 2.22. The molecule has 0 aliphatic carbocycles. The van der Waals surface area contributed by atoms with Crippen LogP contribution in [0.5, 0.6) is 11.5 Å². The van der Waals surface area contributed by atoms with Crippen LogP contribution in [0.2, 0.25) is 0 Å². The third-order valence-electron chi connectivity index (χ3n) is 4.53. The quantitative estimate of drug-likeness (QED) is 0.734. The molecule has 1 aliphatic rings. The first-order chi connectivity index (χ1) is 12.8. The van der Waals surface area contributed by atoms with Gasteiger partial charge in [-0.1, -0.05) is 18.2 Å². The number of rotatable bonds is 6. The lowest BCUT2D eigenvalue weighted by atomic mass is 10.00. The van der Waals surface area contributed by atoms with Gasteiger partial charge >= 0.3 is 0 Å². The van der Waals surface area contributed by atoms with Gasteiger partial charge in [-0.15, -0.1) is 0 Å². The summed E-state index contributed by atoms with van der Waals surface area (Å²) in [6.45, 7) is 4.09. The van der Waals surface area contributed by atoms with E-state index in [0.717, 1.165) is 41.5 Å². The van der Waals surface area contributed by atoms with E-state index in [0.29, 0.717) is 13.2 Å². The van der Waals surface area contributed by atoms with Crippen molar-refractivity contribution in [1.82, 2.24) is 15.1 Å². The molecular formula is C21H23N3O2. The van der Waals surface area contributed by atoms with Crippen LogP contribution >= 0.6 is 0 Å². The predicted octanol–water partition coefficient (Wildman–Crippen LogP) is 3.88. The Hall–Kier alpha value is -2.79. The first-order valence-electron chi connectivity index (χ1n) is 9.06. The van der Waals surface area contributed by atoms with Crippen molar-refractivity contribution in [3.63, 3.8) is 0 Å². The summed E-state index contributed by atoms with van der Waals surface area (Å²) < 4.78 is 13.3. The molecule has 26 heavy (non-hydrogen) atoms. The van der Waals surface area contributed by atoms with Crippen molar-refractivity contribution in [2.75, 3.05) is 13.2 Å². The maximum Gasteiger partial charge on any atom is 0.124 e. The summed E-state index contributed by atoms with van der Waals surface area (Å²) in [7, 11) is 0. The highest BCUT2D eigenvalue weighted by atomic mass is 16.5. The van der Waals surface area contributed by atoms with E-state index < -0.39 is 0 Å². The molecule has 0 saturated heterocycles. The van der Waals surface area contributed by atoms with Crippen LogP contribution in [0.15, 0.2) is 60.8 Å². The summed E-state index contributed by atoms with van der Waals surface area (Å²) in [6.07, 6.45) is 2.93. The van der Waals surface area contributed by atoms with Crippen molar-refractivity contribution in [1.29, 1.82) is 0 Å². The molecule has 0 amide bonds. The lowest BCUT2D eigenvalue weighted by Gasteiger charge is -2.27. The van der Waals surface area contributed by atoms with Gasteiger partial charge in [-0.2, -0.15) is 5.10 Å². The fraction of sp³-hybridized carbons (Fsp3) is 0.286. The summed E-state index contributed by atoms with van der Waals surface area (Å²) >= 11 is 0. The monoisotopic (exact) mass is 349 g/mol. The van der Waals surface area contributed by atoms with Crippen molar-refractivity contribution in [3.8, 4) is 17.2 Å². The highest BCUT2D eigenvalue weighted by molar-refractivity contribution is 5.43. The number of aromatic nitrogens is 2. The van der Waals surface area contributed by atoms with E-state index in [1.54, 1.807) is 0 Å². The smallest absolute Gasteiger partial charge is 0.124 e. The molecule has 134 valence electrons. The van der Waals surface area contributed by atoms with Gasteiger partial charge < -0.3 is 14.8 Å². The molecule has 5 heteroatoms. The molecule has 3 aromatic rings. The first-order valence-corrected chi connectivity index (χ1v) is 9.06. The van der Waals surface area contributed by atoms with Gasteiger partial charge in [0, 0.05) is 30.8 Å². The number of para-hydroxylation sites is 1. The second kappa shape index (κ2) is 7.62. The summed E-state index contributed by atoms with van der Waals surface area (Å²) in [4.78, 5) is 0. The van der Waals surface area contributed by atoms with Crippen molar-refractivity contribution in [2.24, 2.45) is 0 Å². The number of benzene rings is 2. The Balaban J connectivity index is 1.46. The summed E-state index contributed by atoms with van der Waals surface area (Å²) in [5, 5.41) is 8.28. The number of ether oxygens (including phenoxy) is 2. The largest absolute Gasteiger partial charge is 0.494 e. The van der Waals surface area contributed by atoms with E-state index in [4.69, 9.17) is 9.47 Å². The van der Waals surface area contributed by atoms with E-state index in [2.05, 4.69) is 22.5 Å². The van der Waals surface area contributed by atoms with E-state index in [1.807, 2.05) is 60.3 Å². The zero-order chi connectivity index (χ0) is 17.8. The number of fused-ring (bicyclic) bond motifs is 1. The van der Waals surface area contributed by atoms with Gasteiger partial charge in [0.05, 0.1) is 24.6 Å². The van der Waals surface area contributed by atoms with Crippen LogP contribution in [-0.2, 0) is 6.54 Å².